The van der Waals surface area contributed by atoms with Crippen LogP contribution in [-0.4, -0.2) is 61.9 Å². The van der Waals surface area contributed by atoms with Gasteiger partial charge >= 0.3 is 5.97 Å². The highest BCUT2D eigenvalue weighted by atomic mass is 16.5. The Balaban J connectivity index is 1.69. The zero-order valence-electron chi connectivity index (χ0n) is 28.3. The molecule has 0 bridgehead atoms. The standard InChI is InChI=1S/C40H50N2O7/c1-3-5-17-35(26-31-13-8-6-9-14-31)40(46)49-30-36(27-32-18-20-37(21-19-32)48-29-33-15-10-7-11-16-33)42-39(45)34(12-4-2)28-38(44)41-22-24-47-25-23-43/h3-4,6-11,13-16,18-21,34-36,43H,1-2,5,12,17,22-30H2,(H,41,44)(H,42,45)/t34-,35-,36+/m1/s1. The van der Waals surface area contributed by atoms with Crippen LogP contribution in [0.3, 0.4) is 0 Å². The molecule has 0 aliphatic heterocycles. The molecular weight excluding hydrogens is 620 g/mol. The smallest absolute Gasteiger partial charge is 0.309 e. The molecule has 0 unspecified atom stereocenters. The summed E-state index contributed by atoms with van der Waals surface area (Å²) in [7, 11) is 0. The maximum atomic E-state index is 13.6. The van der Waals surface area contributed by atoms with Crippen molar-refractivity contribution in [2.45, 2.75) is 51.2 Å². The molecule has 0 spiro atoms. The first-order chi connectivity index (χ1) is 23.9. The summed E-state index contributed by atoms with van der Waals surface area (Å²) in [5.74, 6) is -1.28. The van der Waals surface area contributed by atoms with Gasteiger partial charge in [-0.15, -0.1) is 13.2 Å². The Labute approximate surface area is 290 Å². The van der Waals surface area contributed by atoms with Gasteiger partial charge in [0.2, 0.25) is 11.8 Å². The Morgan fingerprint density at radius 1 is 0.796 bits per heavy atom. The van der Waals surface area contributed by atoms with Crippen molar-refractivity contribution in [3.63, 3.8) is 0 Å². The number of amides is 2. The van der Waals surface area contributed by atoms with Crippen LogP contribution in [0.1, 0.15) is 42.4 Å². The number of carbonyl (C=O) groups excluding carboxylic acids is 3. The first-order valence-electron chi connectivity index (χ1n) is 16.9. The molecule has 9 heteroatoms. The van der Waals surface area contributed by atoms with Gasteiger partial charge < -0.3 is 30.0 Å². The summed E-state index contributed by atoms with van der Waals surface area (Å²) < 4.78 is 17.0. The average molecular weight is 671 g/mol. The van der Waals surface area contributed by atoms with E-state index in [1.807, 2.05) is 84.9 Å². The van der Waals surface area contributed by atoms with E-state index in [0.717, 1.165) is 16.7 Å². The van der Waals surface area contributed by atoms with E-state index in [2.05, 4.69) is 23.8 Å². The molecule has 3 aromatic carbocycles. The van der Waals surface area contributed by atoms with Crippen LogP contribution < -0.4 is 15.4 Å². The maximum Gasteiger partial charge on any atom is 0.309 e. The molecule has 0 aromatic heterocycles. The van der Waals surface area contributed by atoms with Crippen molar-refractivity contribution in [3.05, 3.63) is 127 Å². The van der Waals surface area contributed by atoms with Gasteiger partial charge in [0.1, 0.15) is 19.0 Å². The number of hydrogen-bond acceptors (Lipinski definition) is 7. The molecular formula is C40H50N2O7. The van der Waals surface area contributed by atoms with Gasteiger partial charge in [-0.05, 0) is 60.9 Å². The van der Waals surface area contributed by atoms with E-state index < -0.39 is 12.0 Å². The number of carbonyl (C=O) groups is 3. The second kappa shape index (κ2) is 22.8. The third kappa shape index (κ3) is 15.4. The SMILES string of the molecule is C=CCC[C@H](Cc1ccccc1)C(=O)OC[C@H](Cc1ccc(OCc2ccccc2)cc1)NC(=O)[C@H](CC=C)CC(=O)NCCOCCO. The lowest BCUT2D eigenvalue weighted by molar-refractivity contribution is -0.150. The fraction of sp³-hybridized carbons (Fsp3) is 0.375. The van der Waals surface area contributed by atoms with E-state index in [1.165, 1.54) is 0 Å². The molecule has 3 aromatic rings. The molecule has 2 amide bonds. The van der Waals surface area contributed by atoms with E-state index in [-0.39, 0.29) is 63.1 Å². The van der Waals surface area contributed by atoms with Crippen LogP contribution in [0.5, 0.6) is 5.75 Å². The Morgan fingerprint density at radius 2 is 1.47 bits per heavy atom. The third-order valence-corrected chi connectivity index (χ3v) is 7.86. The van der Waals surface area contributed by atoms with Crippen molar-refractivity contribution in [2.24, 2.45) is 11.8 Å². The Morgan fingerprint density at radius 3 is 2.12 bits per heavy atom. The van der Waals surface area contributed by atoms with Crippen molar-refractivity contribution < 1.29 is 33.7 Å². The molecule has 0 fully saturated rings. The molecule has 3 rings (SSSR count). The summed E-state index contributed by atoms with van der Waals surface area (Å²) in [6.07, 6.45) is 5.85. The number of rotatable bonds is 24. The molecule has 3 atom stereocenters. The summed E-state index contributed by atoms with van der Waals surface area (Å²) in [4.78, 5) is 39.6. The summed E-state index contributed by atoms with van der Waals surface area (Å²) in [5, 5.41) is 14.6. The normalized spacial score (nSPS) is 12.6. The van der Waals surface area contributed by atoms with Crippen molar-refractivity contribution >= 4 is 17.8 Å². The van der Waals surface area contributed by atoms with Crippen LogP contribution in [0.25, 0.3) is 0 Å². The Bertz CT molecular complexity index is 1410. The molecule has 0 aliphatic rings. The van der Waals surface area contributed by atoms with Gasteiger partial charge in [-0.1, -0.05) is 84.9 Å². The third-order valence-electron chi connectivity index (χ3n) is 7.86. The van der Waals surface area contributed by atoms with Gasteiger partial charge in [0.25, 0.3) is 0 Å². The summed E-state index contributed by atoms with van der Waals surface area (Å²) >= 11 is 0. The van der Waals surface area contributed by atoms with Gasteiger partial charge in [0, 0.05) is 13.0 Å². The zero-order chi connectivity index (χ0) is 35.1. The van der Waals surface area contributed by atoms with E-state index >= 15 is 0 Å². The van der Waals surface area contributed by atoms with Crippen LogP contribution in [0.2, 0.25) is 0 Å². The lowest BCUT2D eigenvalue weighted by Crippen LogP contribution is -2.44. The molecule has 9 nitrogen and oxygen atoms in total. The highest BCUT2D eigenvalue weighted by Gasteiger charge is 2.26. The molecule has 0 saturated heterocycles. The number of esters is 1. The molecule has 3 N–H and O–H groups in total. The molecule has 49 heavy (non-hydrogen) atoms. The summed E-state index contributed by atoms with van der Waals surface area (Å²) in [5.41, 5.74) is 3.02. The van der Waals surface area contributed by atoms with Gasteiger partial charge in [-0.3, -0.25) is 14.4 Å². The van der Waals surface area contributed by atoms with Crippen molar-refractivity contribution in [2.75, 3.05) is 33.0 Å². The highest BCUT2D eigenvalue weighted by Crippen LogP contribution is 2.19. The van der Waals surface area contributed by atoms with Crippen LogP contribution in [0, 0.1) is 11.8 Å². The van der Waals surface area contributed by atoms with E-state index in [9.17, 15) is 14.4 Å². The van der Waals surface area contributed by atoms with Gasteiger partial charge in [0.05, 0.1) is 37.7 Å². The maximum absolute atomic E-state index is 13.6. The van der Waals surface area contributed by atoms with Crippen LogP contribution in [-0.2, 0) is 43.3 Å². The number of aliphatic hydroxyl groups excluding tert-OH is 1. The van der Waals surface area contributed by atoms with Crippen LogP contribution in [0.4, 0.5) is 0 Å². The molecule has 0 radical (unpaired) electrons. The van der Waals surface area contributed by atoms with E-state index in [0.29, 0.717) is 44.5 Å². The quantitative estimate of drug-likeness (QED) is 0.0666. The fourth-order valence-electron chi connectivity index (χ4n) is 5.25. The lowest BCUT2D eigenvalue weighted by Gasteiger charge is -2.24. The number of ether oxygens (including phenoxy) is 3. The first kappa shape index (κ1) is 38.7. The van der Waals surface area contributed by atoms with Crippen LogP contribution in [0.15, 0.2) is 110 Å². The van der Waals surface area contributed by atoms with Crippen molar-refractivity contribution in [1.29, 1.82) is 0 Å². The predicted molar refractivity (Wildman–Crippen MR) is 191 cm³/mol. The second-order valence-electron chi connectivity index (χ2n) is 11.8. The number of benzene rings is 3. The minimum atomic E-state index is -0.666. The van der Waals surface area contributed by atoms with Gasteiger partial charge in [-0.2, -0.15) is 0 Å². The summed E-state index contributed by atoms with van der Waals surface area (Å²) in [6.45, 7) is 8.60. The fourth-order valence-corrected chi connectivity index (χ4v) is 5.25. The van der Waals surface area contributed by atoms with Crippen LogP contribution >= 0.6 is 0 Å². The topological polar surface area (TPSA) is 123 Å². The lowest BCUT2D eigenvalue weighted by atomic mass is 9.95. The van der Waals surface area contributed by atoms with Gasteiger partial charge in [0.15, 0.2) is 0 Å². The van der Waals surface area contributed by atoms with Gasteiger partial charge in [-0.25, -0.2) is 0 Å². The number of aliphatic hydroxyl groups is 1. The molecule has 0 saturated carbocycles. The number of nitrogens with one attached hydrogen (secondary N) is 2. The first-order valence-corrected chi connectivity index (χ1v) is 16.9. The minimum Gasteiger partial charge on any atom is -0.489 e. The zero-order valence-corrected chi connectivity index (χ0v) is 28.3. The second-order valence-corrected chi connectivity index (χ2v) is 11.8. The molecule has 262 valence electrons. The monoisotopic (exact) mass is 670 g/mol. The molecule has 0 aliphatic carbocycles. The largest absolute Gasteiger partial charge is 0.489 e. The minimum absolute atomic E-state index is 0.0363. The number of allylic oxidation sites excluding steroid dienone is 2. The van der Waals surface area contributed by atoms with E-state index in [4.69, 9.17) is 19.3 Å². The Hall–Kier alpha value is -4.73. The van der Waals surface area contributed by atoms with Crippen molar-refractivity contribution in [3.8, 4) is 5.75 Å². The van der Waals surface area contributed by atoms with E-state index in [1.54, 1.807) is 12.2 Å². The highest BCUT2D eigenvalue weighted by molar-refractivity contribution is 5.86. The Kier molecular flexibility index (Phi) is 18.0. The summed E-state index contributed by atoms with van der Waals surface area (Å²) in [6, 6.07) is 26.8. The van der Waals surface area contributed by atoms with Crippen molar-refractivity contribution in [1.82, 2.24) is 10.6 Å². The average Bonchev–Trinajstić information content (AvgIpc) is 3.12. The predicted octanol–water partition coefficient (Wildman–Crippen LogP) is 5.37. The number of hydrogen-bond donors (Lipinski definition) is 3. The molecule has 0 heterocycles.